The van der Waals surface area contributed by atoms with Crippen LogP contribution in [0.15, 0.2) is 41.3 Å². The number of nitrogens with one attached hydrogen (secondary N) is 1. The van der Waals surface area contributed by atoms with E-state index in [9.17, 15) is 4.79 Å². The number of anilines is 1. The lowest BCUT2D eigenvalue weighted by molar-refractivity contribution is 0.731. The minimum absolute atomic E-state index is 0.160. The van der Waals surface area contributed by atoms with Crippen molar-refractivity contribution in [3.63, 3.8) is 0 Å². The summed E-state index contributed by atoms with van der Waals surface area (Å²) in [6.45, 7) is 1.96. The Balaban J connectivity index is 2.27. The predicted molar refractivity (Wildman–Crippen MR) is 81.0 cm³/mol. The van der Waals surface area contributed by atoms with Crippen LogP contribution in [0.5, 0.6) is 0 Å². The monoisotopic (exact) mass is 292 g/mol. The molecule has 1 aromatic carbocycles. The van der Waals surface area contributed by atoms with Gasteiger partial charge in [-0.05, 0) is 18.5 Å². The van der Waals surface area contributed by atoms with Gasteiger partial charge in [0, 0.05) is 13.1 Å². The molecule has 106 valence electrons. The first kappa shape index (κ1) is 14.6. The number of halogens is 1. The van der Waals surface area contributed by atoms with Crippen LogP contribution in [0.2, 0.25) is 5.02 Å². The van der Waals surface area contributed by atoms with Crippen LogP contribution in [0.1, 0.15) is 12.0 Å². The molecule has 0 saturated heterocycles. The minimum atomic E-state index is -0.380. The fourth-order valence-corrected chi connectivity index (χ4v) is 2.18. The van der Waals surface area contributed by atoms with Crippen LogP contribution < -0.4 is 16.2 Å². The van der Waals surface area contributed by atoms with Crippen molar-refractivity contribution in [2.24, 2.45) is 5.73 Å². The van der Waals surface area contributed by atoms with Crippen molar-refractivity contribution in [3.8, 4) is 0 Å². The molecule has 20 heavy (non-hydrogen) atoms. The molecule has 0 atom stereocenters. The van der Waals surface area contributed by atoms with E-state index in [0.717, 1.165) is 18.5 Å². The second kappa shape index (κ2) is 7.07. The summed E-state index contributed by atoms with van der Waals surface area (Å²) < 4.78 is 0. The highest BCUT2D eigenvalue weighted by molar-refractivity contribution is 6.32. The summed E-state index contributed by atoms with van der Waals surface area (Å²) in [4.78, 5) is 13.6. The molecule has 0 radical (unpaired) electrons. The third-order valence-corrected chi connectivity index (χ3v) is 3.33. The largest absolute Gasteiger partial charge is 0.364 e. The summed E-state index contributed by atoms with van der Waals surface area (Å²) in [6, 6.07) is 9.99. The maximum atomic E-state index is 11.6. The van der Waals surface area contributed by atoms with Crippen molar-refractivity contribution in [3.05, 3.63) is 57.5 Å². The molecule has 0 amide bonds. The number of benzene rings is 1. The Morgan fingerprint density at radius 2 is 2.05 bits per heavy atom. The van der Waals surface area contributed by atoms with Gasteiger partial charge in [0.15, 0.2) is 0 Å². The lowest BCUT2D eigenvalue weighted by Crippen LogP contribution is -2.28. The van der Waals surface area contributed by atoms with Crippen LogP contribution in [0.4, 0.5) is 5.69 Å². The number of hydrogen-bond donors (Lipinski definition) is 2. The summed E-state index contributed by atoms with van der Waals surface area (Å²) in [5, 5.41) is 6.31. The quantitative estimate of drug-likeness (QED) is 0.851. The molecule has 5 nitrogen and oxygen atoms in total. The first-order chi connectivity index (χ1) is 9.72. The van der Waals surface area contributed by atoms with Gasteiger partial charge in [-0.3, -0.25) is 4.79 Å². The fraction of sp³-hybridized carbons (Fsp3) is 0.286. The molecule has 1 aromatic heterocycles. The van der Waals surface area contributed by atoms with E-state index >= 15 is 0 Å². The highest BCUT2D eigenvalue weighted by Gasteiger charge is 2.13. The first-order valence-electron chi connectivity index (χ1n) is 6.44. The number of rotatable bonds is 6. The van der Waals surface area contributed by atoms with Crippen molar-refractivity contribution in [1.29, 1.82) is 0 Å². The second-order valence-corrected chi connectivity index (χ2v) is 4.83. The van der Waals surface area contributed by atoms with Crippen LogP contribution in [0.3, 0.4) is 0 Å². The third-order valence-electron chi connectivity index (χ3n) is 2.97. The molecule has 0 unspecified atom stereocenters. The molecular weight excluding hydrogens is 276 g/mol. The zero-order valence-electron chi connectivity index (χ0n) is 11.1. The number of aromatic nitrogens is 2. The van der Waals surface area contributed by atoms with Gasteiger partial charge in [-0.1, -0.05) is 41.9 Å². The van der Waals surface area contributed by atoms with E-state index in [2.05, 4.69) is 10.2 Å². The summed E-state index contributed by atoms with van der Waals surface area (Å²) in [7, 11) is 0. The summed E-state index contributed by atoms with van der Waals surface area (Å²) in [5.74, 6) is 0. The molecule has 0 aliphatic carbocycles. The van der Waals surface area contributed by atoms with Gasteiger partial charge < -0.3 is 10.6 Å². The van der Waals surface area contributed by atoms with E-state index in [-0.39, 0.29) is 10.6 Å². The fourth-order valence-electron chi connectivity index (χ4n) is 1.97. The molecular formula is C14H17ClN4O. The van der Waals surface area contributed by atoms with Gasteiger partial charge in [0.25, 0.3) is 5.56 Å². The molecule has 6 heteroatoms. The Bertz CT molecular complexity index is 600. The Morgan fingerprint density at radius 1 is 1.30 bits per heavy atom. The normalized spacial score (nSPS) is 10.5. The molecule has 0 saturated carbocycles. The van der Waals surface area contributed by atoms with E-state index in [0.29, 0.717) is 18.8 Å². The minimum Gasteiger partial charge on any atom is -0.364 e. The van der Waals surface area contributed by atoms with Gasteiger partial charge in [-0.25, -0.2) is 5.10 Å². The molecule has 0 aliphatic rings. The van der Waals surface area contributed by atoms with Crippen molar-refractivity contribution < 1.29 is 0 Å². The summed E-state index contributed by atoms with van der Waals surface area (Å²) >= 11 is 6.08. The second-order valence-electron chi connectivity index (χ2n) is 4.45. The lowest BCUT2D eigenvalue weighted by Gasteiger charge is -2.25. The van der Waals surface area contributed by atoms with Crippen molar-refractivity contribution in [2.45, 2.75) is 13.0 Å². The third kappa shape index (κ3) is 3.59. The summed E-state index contributed by atoms with van der Waals surface area (Å²) in [5.41, 5.74) is 6.97. The maximum Gasteiger partial charge on any atom is 0.285 e. The topological polar surface area (TPSA) is 75.0 Å². The van der Waals surface area contributed by atoms with E-state index in [4.69, 9.17) is 17.3 Å². The molecule has 3 N–H and O–H groups in total. The lowest BCUT2D eigenvalue weighted by atomic mass is 10.2. The van der Waals surface area contributed by atoms with Gasteiger partial charge in [0.1, 0.15) is 5.02 Å². The number of H-pyrrole nitrogens is 1. The van der Waals surface area contributed by atoms with Gasteiger partial charge >= 0.3 is 0 Å². The van der Waals surface area contributed by atoms with E-state index in [1.165, 1.54) is 0 Å². The number of aromatic amines is 1. The number of nitrogens with zero attached hydrogens (tertiary/aromatic N) is 2. The molecule has 0 fully saturated rings. The van der Waals surface area contributed by atoms with Crippen molar-refractivity contribution in [1.82, 2.24) is 10.2 Å². The van der Waals surface area contributed by atoms with Crippen LogP contribution in [-0.2, 0) is 6.54 Å². The van der Waals surface area contributed by atoms with Gasteiger partial charge in [0.05, 0.1) is 11.9 Å². The smallest absolute Gasteiger partial charge is 0.285 e. The van der Waals surface area contributed by atoms with E-state index in [1.54, 1.807) is 6.20 Å². The maximum absolute atomic E-state index is 11.6. The van der Waals surface area contributed by atoms with Crippen LogP contribution >= 0.6 is 11.6 Å². The van der Waals surface area contributed by atoms with Crippen LogP contribution in [-0.4, -0.2) is 23.3 Å². The average molecular weight is 293 g/mol. The van der Waals surface area contributed by atoms with Crippen LogP contribution in [0.25, 0.3) is 0 Å². The molecule has 0 spiro atoms. The van der Waals surface area contributed by atoms with E-state index < -0.39 is 0 Å². The van der Waals surface area contributed by atoms with Crippen molar-refractivity contribution in [2.75, 3.05) is 18.0 Å². The standard InChI is InChI=1S/C14H17ClN4O/c15-13-12(9-17-18-14(13)20)19(8-4-7-16)10-11-5-2-1-3-6-11/h1-3,5-6,9H,4,7-8,10,16H2,(H,18,20). The molecule has 1 heterocycles. The zero-order valence-corrected chi connectivity index (χ0v) is 11.8. The van der Waals surface area contributed by atoms with Gasteiger partial charge in [-0.2, -0.15) is 5.10 Å². The zero-order chi connectivity index (χ0) is 14.4. The average Bonchev–Trinajstić information content (AvgIpc) is 2.48. The highest BCUT2D eigenvalue weighted by atomic mass is 35.5. The number of nitrogens with two attached hydrogens (primary N) is 1. The number of hydrogen-bond acceptors (Lipinski definition) is 4. The Morgan fingerprint density at radius 3 is 2.75 bits per heavy atom. The summed E-state index contributed by atoms with van der Waals surface area (Å²) in [6.07, 6.45) is 2.39. The highest BCUT2D eigenvalue weighted by Crippen LogP contribution is 2.22. The van der Waals surface area contributed by atoms with Crippen LogP contribution in [0, 0.1) is 0 Å². The van der Waals surface area contributed by atoms with Gasteiger partial charge in [-0.15, -0.1) is 0 Å². The predicted octanol–water partition coefficient (Wildman–Crippen LogP) is 1.78. The molecule has 0 aliphatic heterocycles. The molecule has 2 aromatic rings. The molecule has 2 rings (SSSR count). The van der Waals surface area contributed by atoms with Gasteiger partial charge in [0.2, 0.25) is 0 Å². The SMILES string of the molecule is NCCCN(Cc1ccccc1)c1cn[nH]c(=O)c1Cl. The Kier molecular flexibility index (Phi) is 5.15. The van der Waals surface area contributed by atoms with Crippen molar-refractivity contribution >= 4 is 17.3 Å². The van der Waals surface area contributed by atoms with E-state index in [1.807, 2.05) is 35.2 Å². The molecule has 0 bridgehead atoms. The Hall–Kier alpha value is -1.85. The first-order valence-corrected chi connectivity index (χ1v) is 6.82. The Labute approximate surface area is 122 Å².